The molecule has 0 heterocycles. The minimum Gasteiger partial charge on any atom is -0.483 e. The van der Waals surface area contributed by atoms with Gasteiger partial charge in [0.15, 0.2) is 0 Å². The number of carboxylic acid groups (broad SMARTS) is 9. The average molecular weight is 442 g/mol. The largest absolute Gasteiger partial charge is 0.483 e. The molecule has 0 unspecified atom stereocenters. The fourth-order valence-electron chi connectivity index (χ4n) is 0. The van der Waals surface area contributed by atoms with Crippen molar-refractivity contribution in [3.05, 3.63) is 0 Å². The van der Waals surface area contributed by atoms with Gasteiger partial charge in [0.2, 0.25) is 0 Å². The maximum atomic E-state index is 9.37. The molecule has 0 bridgehead atoms. The van der Waals surface area contributed by atoms with Gasteiger partial charge in [-0.05, 0) is 0 Å². The van der Waals surface area contributed by atoms with E-state index in [1.165, 1.54) is 0 Å². The summed E-state index contributed by atoms with van der Waals surface area (Å²) in [6.45, 7) is -0.400. The SMILES string of the molecule is CCC(=O)O.O=CO.O=CO.O=CO.O=CO.O=CO.O=CO.O=CO.O=CO. The minimum absolute atomic E-state index is 0.222. The van der Waals surface area contributed by atoms with Crippen molar-refractivity contribution in [3.8, 4) is 0 Å². The van der Waals surface area contributed by atoms with Crippen molar-refractivity contribution in [3.63, 3.8) is 0 Å². The highest BCUT2D eigenvalue weighted by molar-refractivity contribution is 5.66. The summed E-state index contributed by atoms with van der Waals surface area (Å²) in [6, 6.07) is 0. The van der Waals surface area contributed by atoms with Crippen LogP contribution in [0.1, 0.15) is 13.3 Å². The van der Waals surface area contributed by atoms with Crippen LogP contribution in [0.15, 0.2) is 0 Å². The van der Waals surface area contributed by atoms with Crippen LogP contribution in [0, 0.1) is 0 Å². The zero-order valence-electron chi connectivity index (χ0n) is 14.5. The third-order valence-electron chi connectivity index (χ3n) is 0.302. The second-order valence-corrected chi connectivity index (χ2v) is 1.59. The van der Waals surface area contributed by atoms with E-state index in [4.69, 9.17) is 84.3 Å². The summed E-state index contributed by atoms with van der Waals surface area (Å²) in [5, 5.41) is 62.8. The molecule has 174 valence electrons. The van der Waals surface area contributed by atoms with E-state index >= 15 is 0 Å². The highest BCUT2D eigenvalue weighted by atomic mass is 16.4. The van der Waals surface area contributed by atoms with Crippen molar-refractivity contribution in [2.45, 2.75) is 13.3 Å². The van der Waals surface area contributed by atoms with Gasteiger partial charge in [-0.25, -0.2) is 0 Å². The van der Waals surface area contributed by atoms with E-state index in [2.05, 4.69) is 0 Å². The number of carboxylic acids is 1. The summed E-state index contributed by atoms with van der Waals surface area (Å²) in [4.78, 5) is 76.3. The first-order chi connectivity index (χ1) is 13.6. The van der Waals surface area contributed by atoms with Crippen LogP contribution < -0.4 is 0 Å². The van der Waals surface area contributed by atoms with Crippen molar-refractivity contribution in [2.75, 3.05) is 0 Å². The van der Waals surface area contributed by atoms with Crippen molar-refractivity contribution in [2.24, 2.45) is 0 Å². The Kier molecular flexibility index (Phi) is 427. The van der Waals surface area contributed by atoms with Gasteiger partial charge in [-0.1, -0.05) is 6.92 Å². The van der Waals surface area contributed by atoms with Crippen LogP contribution in [0.25, 0.3) is 0 Å². The third kappa shape index (κ3) is 1360. The first-order valence-electron chi connectivity index (χ1n) is 5.44. The van der Waals surface area contributed by atoms with Crippen LogP contribution >= 0.6 is 0 Å². The van der Waals surface area contributed by atoms with E-state index in [9.17, 15) is 4.79 Å². The standard InChI is InChI=1S/C3H6O2.8CH2O2/c1-2-3(4)5;8*2-1-3/h2H2,1H3,(H,4,5);8*1H,(H,2,3). The van der Waals surface area contributed by atoms with Gasteiger partial charge in [0.1, 0.15) is 0 Å². The van der Waals surface area contributed by atoms with E-state index in [-0.39, 0.29) is 58.2 Å². The van der Waals surface area contributed by atoms with Crippen molar-refractivity contribution in [1.82, 2.24) is 0 Å². The predicted octanol–water partition coefficient (Wildman–Crippen LogP) is -1.91. The molecule has 0 aliphatic heterocycles. The molecule has 0 saturated carbocycles. The second-order valence-electron chi connectivity index (χ2n) is 1.59. The van der Waals surface area contributed by atoms with E-state index in [0.29, 0.717) is 0 Å². The normalized spacial score (nSPS) is 4.59. The molecule has 0 aromatic carbocycles. The summed E-state index contributed by atoms with van der Waals surface area (Å²) in [6.07, 6.45) is 0.222. The number of carbonyl (C=O) groups is 9. The average Bonchev–Trinajstić information content (AvgIpc) is 2.60. The Hall–Kier alpha value is -4.77. The van der Waals surface area contributed by atoms with Crippen molar-refractivity contribution < 1.29 is 89.1 Å². The zero-order chi connectivity index (χ0) is 25.9. The molecule has 0 fully saturated rings. The molecule has 0 radical (unpaired) electrons. The Balaban J connectivity index is -0.0000000223. The first-order valence-corrected chi connectivity index (χ1v) is 5.44. The lowest BCUT2D eigenvalue weighted by Gasteiger charge is -1.71. The Bertz CT molecular complexity index is 243. The van der Waals surface area contributed by atoms with E-state index in [1.54, 1.807) is 6.92 Å². The lowest BCUT2D eigenvalue weighted by atomic mass is 10.5. The van der Waals surface area contributed by atoms with Crippen LogP contribution in [-0.2, 0) is 43.2 Å². The molecule has 29 heavy (non-hydrogen) atoms. The van der Waals surface area contributed by atoms with E-state index < -0.39 is 5.97 Å². The highest BCUT2D eigenvalue weighted by Crippen LogP contribution is 1.67. The third-order valence-corrected chi connectivity index (χ3v) is 0.302. The molecule has 0 aromatic heterocycles. The van der Waals surface area contributed by atoms with Gasteiger partial charge in [-0.15, -0.1) is 0 Å². The molecule has 0 aliphatic rings. The number of hydrogen-bond donors (Lipinski definition) is 9. The Morgan fingerprint density at radius 3 is 0.517 bits per heavy atom. The molecule has 0 amide bonds. The summed E-state index contributed by atoms with van der Waals surface area (Å²) in [7, 11) is 0. The molecule has 18 heteroatoms. The first kappa shape index (κ1) is 56.4. The van der Waals surface area contributed by atoms with E-state index in [0.717, 1.165) is 0 Å². The molecule has 9 N–H and O–H groups in total. The summed E-state index contributed by atoms with van der Waals surface area (Å²) < 4.78 is 0. The number of aliphatic carboxylic acids is 1. The fraction of sp³-hybridized carbons (Fsp3) is 0.182. The van der Waals surface area contributed by atoms with Crippen LogP contribution in [0.3, 0.4) is 0 Å². The molecule has 18 nitrogen and oxygen atoms in total. The van der Waals surface area contributed by atoms with Crippen LogP contribution in [-0.4, -0.2) is 104 Å². The van der Waals surface area contributed by atoms with Gasteiger partial charge in [0.25, 0.3) is 51.8 Å². The Morgan fingerprint density at radius 2 is 0.517 bits per heavy atom. The molecular formula is C11H22O18. The van der Waals surface area contributed by atoms with E-state index in [1.807, 2.05) is 0 Å². The van der Waals surface area contributed by atoms with Gasteiger partial charge in [0, 0.05) is 6.42 Å². The number of hydrogen-bond acceptors (Lipinski definition) is 9. The topological polar surface area (TPSA) is 336 Å². The second kappa shape index (κ2) is 220. The Labute approximate surface area is 161 Å². The monoisotopic (exact) mass is 442 g/mol. The highest BCUT2D eigenvalue weighted by Gasteiger charge is 1.80. The van der Waals surface area contributed by atoms with Crippen molar-refractivity contribution in [1.29, 1.82) is 0 Å². The summed E-state index contributed by atoms with van der Waals surface area (Å²) in [5.74, 6) is -0.745. The lowest BCUT2D eigenvalue weighted by Crippen LogP contribution is -1.86. The molecule has 0 spiro atoms. The lowest BCUT2D eigenvalue weighted by molar-refractivity contribution is -0.136. The van der Waals surface area contributed by atoms with Gasteiger partial charge in [0.05, 0.1) is 0 Å². The van der Waals surface area contributed by atoms with Crippen molar-refractivity contribution >= 4 is 57.7 Å². The quantitative estimate of drug-likeness (QED) is 0.200. The summed E-state index contributed by atoms with van der Waals surface area (Å²) >= 11 is 0. The predicted molar refractivity (Wildman–Crippen MR) is 87.5 cm³/mol. The molecule has 0 rings (SSSR count). The molecule has 0 atom stereocenters. The van der Waals surface area contributed by atoms with Crippen LogP contribution in [0.2, 0.25) is 0 Å². The molecular weight excluding hydrogens is 420 g/mol. The smallest absolute Gasteiger partial charge is 0.303 e. The van der Waals surface area contributed by atoms with Crippen LogP contribution in [0.4, 0.5) is 0 Å². The van der Waals surface area contributed by atoms with Gasteiger partial charge in [-0.3, -0.25) is 43.2 Å². The Morgan fingerprint density at radius 1 is 0.483 bits per heavy atom. The fourth-order valence-corrected chi connectivity index (χ4v) is 0. The van der Waals surface area contributed by atoms with Crippen LogP contribution in [0.5, 0.6) is 0 Å². The molecule has 0 aromatic rings. The zero-order valence-corrected chi connectivity index (χ0v) is 14.5. The summed E-state index contributed by atoms with van der Waals surface area (Å²) in [5.41, 5.74) is 0. The minimum atomic E-state index is -0.745. The maximum Gasteiger partial charge on any atom is 0.303 e. The molecule has 0 saturated heterocycles. The van der Waals surface area contributed by atoms with Gasteiger partial charge < -0.3 is 46.0 Å². The van der Waals surface area contributed by atoms with Gasteiger partial charge in [-0.2, -0.15) is 0 Å². The maximum absolute atomic E-state index is 9.37. The van der Waals surface area contributed by atoms with Gasteiger partial charge >= 0.3 is 5.97 Å². The molecule has 0 aliphatic carbocycles. The number of rotatable bonds is 1.